The molecule has 1 unspecified atom stereocenters. The summed E-state index contributed by atoms with van der Waals surface area (Å²) in [5, 5.41) is 4.96. The average molecular weight is 317 g/mol. The summed E-state index contributed by atoms with van der Waals surface area (Å²) < 4.78 is 32.0. The lowest BCUT2D eigenvalue weighted by Crippen LogP contribution is -2.27. The van der Waals surface area contributed by atoms with Gasteiger partial charge in [0, 0.05) is 18.9 Å². The third kappa shape index (κ3) is 3.79. The van der Waals surface area contributed by atoms with Crippen molar-refractivity contribution < 1.29 is 27.2 Å². The Labute approximate surface area is 121 Å². The molecule has 1 atom stereocenters. The lowest BCUT2D eigenvalue weighted by Gasteiger charge is -2.11. The van der Waals surface area contributed by atoms with Gasteiger partial charge in [0.1, 0.15) is 0 Å². The van der Waals surface area contributed by atoms with Gasteiger partial charge in [0.25, 0.3) is 0 Å². The number of amides is 1. The molecule has 2 heterocycles. The average Bonchev–Trinajstić information content (AvgIpc) is 2.94. The van der Waals surface area contributed by atoms with Crippen molar-refractivity contribution in [3.05, 3.63) is 12.0 Å². The normalized spacial score (nSPS) is 19.0. The number of oxazole rings is 1. The first-order chi connectivity index (χ1) is 9.80. The van der Waals surface area contributed by atoms with E-state index in [2.05, 4.69) is 4.98 Å². The van der Waals surface area contributed by atoms with Gasteiger partial charge in [-0.05, 0) is 6.92 Å². The number of ether oxygens (including phenoxy) is 1. The van der Waals surface area contributed by atoms with E-state index in [0.29, 0.717) is 0 Å². The van der Waals surface area contributed by atoms with E-state index in [4.69, 9.17) is 14.3 Å². The molecule has 0 aliphatic carbocycles. The van der Waals surface area contributed by atoms with Crippen LogP contribution in [0.2, 0.25) is 0 Å². The van der Waals surface area contributed by atoms with Gasteiger partial charge in [-0.15, -0.1) is 0 Å². The van der Waals surface area contributed by atoms with Crippen molar-refractivity contribution in [2.45, 2.75) is 13.3 Å². The summed E-state index contributed by atoms with van der Waals surface area (Å²) in [6.07, 6.45) is 1.20. The maximum Gasteiger partial charge on any atom is 0.376 e. The maximum atomic E-state index is 11.8. The molecule has 0 aromatic carbocycles. The summed E-state index contributed by atoms with van der Waals surface area (Å²) in [5.41, 5.74) is 0. The number of sulfonamides is 1. The number of rotatable bonds is 5. The number of aromatic nitrogens is 1. The summed E-state index contributed by atoms with van der Waals surface area (Å²) in [6, 6.07) is -0.0556. The highest BCUT2D eigenvalue weighted by Crippen LogP contribution is 2.25. The Morgan fingerprint density at radius 1 is 1.62 bits per heavy atom. The molecule has 0 saturated carbocycles. The van der Waals surface area contributed by atoms with Crippen LogP contribution in [0.25, 0.3) is 0 Å². The molecule has 1 fully saturated rings. The topological polar surface area (TPSA) is 133 Å². The van der Waals surface area contributed by atoms with E-state index in [9.17, 15) is 18.0 Å². The van der Waals surface area contributed by atoms with Crippen LogP contribution in [-0.2, 0) is 19.6 Å². The summed E-state index contributed by atoms with van der Waals surface area (Å²) in [7, 11) is -3.66. The molecule has 9 nitrogen and oxygen atoms in total. The van der Waals surface area contributed by atoms with Gasteiger partial charge >= 0.3 is 12.0 Å². The molecule has 0 radical (unpaired) electrons. The molecule has 1 saturated heterocycles. The van der Waals surface area contributed by atoms with Crippen LogP contribution in [0.4, 0.5) is 6.01 Å². The van der Waals surface area contributed by atoms with Gasteiger partial charge in [0.05, 0.1) is 18.6 Å². The van der Waals surface area contributed by atoms with E-state index in [-0.39, 0.29) is 43.0 Å². The van der Waals surface area contributed by atoms with Gasteiger partial charge in [0.2, 0.25) is 21.7 Å². The first kappa shape index (κ1) is 15.4. The molecule has 1 aromatic rings. The largest absolute Gasteiger partial charge is 0.460 e. The molecule has 1 aliphatic heterocycles. The van der Waals surface area contributed by atoms with E-state index in [0.717, 1.165) is 6.20 Å². The van der Waals surface area contributed by atoms with Gasteiger partial charge in [-0.25, -0.2) is 23.3 Å². The number of nitrogens with zero attached hydrogens (tertiary/aromatic N) is 2. The third-order valence-corrected chi connectivity index (χ3v) is 3.81. The van der Waals surface area contributed by atoms with E-state index < -0.39 is 21.9 Å². The van der Waals surface area contributed by atoms with Crippen LogP contribution < -0.4 is 10.0 Å². The Kier molecular flexibility index (Phi) is 4.28. The zero-order chi connectivity index (χ0) is 15.6. The van der Waals surface area contributed by atoms with Crippen LogP contribution >= 0.6 is 0 Å². The minimum atomic E-state index is -3.66. The first-order valence-corrected chi connectivity index (χ1v) is 7.95. The Morgan fingerprint density at radius 2 is 2.33 bits per heavy atom. The number of esters is 1. The molecule has 21 heavy (non-hydrogen) atoms. The standard InChI is InChI=1S/C11H15N3O6S/c1-2-19-10(16)8-4-13-11(20-8)14-5-7(3-9(14)15)6-21(12,17)18/h4,7H,2-3,5-6H2,1H3,(H2,12,17,18). The Balaban J connectivity index is 2.09. The molecule has 1 aromatic heterocycles. The van der Waals surface area contributed by atoms with Crippen LogP contribution in [-0.4, -0.2) is 44.2 Å². The molecular weight excluding hydrogens is 302 g/mol. The number of carbonyl (C=O) groups is 2. The fourth-order valence-electron chi connectivity index (χ4n) is 2.09. The van der Waals surface area contributed by atoms with Crippen LogP contribution in [0.5, 0.6) is 0 Å². The Morgan fingerprint density at radius 3 is 2.95 bits per heavy atom. The minimum absolute atomic E-state index is 0.0353. The monoisotopic (exact) mass is 317 g/mol. The van der Waals surface area contributed by atoms with Crippen LogP contribution in [0.3, 0.4) is 0 Å². The molecule has 2 rings (SSSR count). The number of primary sulfonamides is 1. The fourth-order valence-corrected chi connectivity index (χ4v) is 2.97. The predicted molar refractivity (Wildman–Crippen MR) is 70.9 cm³/mol. The Hall–Kier alpha value is -1.94. The van der Waals surface area contributed by atoms with Gasteiger partial charge in [-0.1, -0.05) is 0 Å². The second kappa shape index (κ2) is 5.82. The summed E-state index contributed by atoms with van der Waals surface area (Å²) in [5.74, 6) is -1.84. The molecule has 116 valence electrons. The maximum absolute atomic E-state index is 11.8. The minimum Gasteiger partial charge on any atom is -0.460 e. The smallest absolute Gasteiger partial charge is 0.376 e. The van der Waals surface area contributed by atoms with Gasteiger partial charge < -0.3 is 9.15 Å². The lowest BCUT2D eigenvalue weighted by molar-refractivity contribution is -0.117. The highest BCUT2D eigenvalue weighted by atomic mass is 32.2. The van der Waals surface area contributed by atoms with Crippen molar-refractivity contribution in [3.63, 3.8) is 0 Å². The zero-order valence-corrected chi connectivity index (χ0v) is 12.1. The molecule has 0 spiro atoms. The van der Waals surface area contributed by atoms with E-state index in [1.165, 1.54) is 4.90 Å². The highest BCUT2D eigenvalue weighted by molar-refractivity contribution is 7.89. The predicted octanol–water partition coefficient (Wildman–Crippen LogP) is -0.507. The lowest BCUT2D eigenvalue weighted by atomic mass is 10.1. The van der Waals surface area contributed by atoms with Crippen molar-refractivity contribution in [1.82, 2.24) is 4.98 Å². The zero-order valence-electron chi connectivity index (χ0n) is 11.3. The van der Waals surface area contributed by atoms with Crippen molar-refractivity contribution in [1.29, 1.82) is 0 Å². The van der Waals surface area contributed by atoms with Crippen molar-refractivity contribution in [2.75, 3.05) is 23.8 Å². The van der Waals surface area contributed by atoms with E-state index >= 15 is 0 Å². The van der Waals surface area contributed by atoms with Crippen LogP contribution in [0.15, 0.2) is 10.6 Å². The molecule has 10 heteroatoms. The number of hydrogen-bond donors (Lipinski definition) is 1. The molecule has 2 N–H and O–H groups in total. The SMILES string of the molecule is CCOC(=O)c1cnc(N2CC(CS(N)(=O)=O)CC2=O)o1. The van der Waals surface area contributed by atoms with E-state index in [1.54, 1.807) is 6.92 Å². The highest BCUT2D eigenvalue weighted by Gasteiger charge is 2.35. The van der Waals surface area contributed by atoms with Crippen LogP contribution in [0, 0.1) is 5.92 Å². The number of carbonyl (C=O) groups excluding carboxylic acids is 2. The Bertz CT molecular complexity index is 653. The molecule has 0 bridgehead atoms. The molecule has 1 aliphatic rings. The number of anilines is 1. The summed E-state index contributed by atoms with van der Waals surface area (Å²) in [6.45, 7) is 1.96. The molecular formula is C11H15N3O6S. The van der Waals surface area contributed by atoms with Crippen molar-refractivity contribution in [2.24, 2.45) is 11.1 Å². The number of hydrogen-bond acceptors (Lipinski definition) is 7. The van der Waals surface area contributed by atoms with E-state index in [1.807, 2.05) is 0 Å². The fraction of sp³-hybridized carbons (Fsp3) is 0.545. The molecule has 1 amide bonds. The first-order valence-electron chi connectivity index (χ1n) is 6.24. The van der Waals surface area contributed by atoms with Crippen LogP contribution in [0.1, 0.15) is 23.9 Å². The summed E-state index contributed by atoms with van der Waals surface area (Å²) in [4.78, 5) is 28.3. The quantitative estimate of drug-likeness (QED) is 0.723. The second-order valence-electron chi connectivity index (χ2n) is 4.63. The van der Waals surface area contributed by atoms with Gasteiger partial charge in [0.15, 0.2) is 0 Å². The van der Waals surface area contributed by atoms with Crippen molar-refractivity contribution in [3.8, 4) is 0 Å². The third-order valence-electron chi connectivity index (χ3n) is 2.87. The van der Waals surface area contributed by atoms with Crippen molar-refractivity contribution >= 4 is 27.9 Å². The summed E-state index contributed by atoms with van der Waals surface area (Å²) >= 11 is 0. The van der Waals surface area contributed by atoms with Gasteiger partial charge in [-0.3, -0.25) is 9.69 Å². The number of nitrogens with two attached hydrogens (primary N) is 1. The second-order valence-corrected chi connectivity index (χ2v) is 6.29. The van der Waals surface area contributed by atoms with Gasteiger partial charge in [-0.2, -0.15) is 0 Å².